The average molecular weight is 332 g/mol. The van der Waals surface area contributed by atoms with Gasteiger partial charge in [0.15, 0.2) is 5.82 Å². The molecule has 3 aromatic rings. The average Bonchev–Trinajstić information content (AvgIpc) is 2.91. The fourth-order valence-corrected chi connectivity index (χ4v) is 3.14. The van der Waals surface area contributed by atoms with Gasteiger partial charge in [-0.15, -0.1) is 11.3 Å². The molecule has 0 aliphatic heterocycles. The molecule has 0 saturated heterocycles. The van der Waals surface area contributed by atoms with E-state index < -0.39 is 0 Å². The molecule has 1 aromatic carbocycles. The third-order valence-corrected chi connectivity index (χ3v) is 4.73. The number of aryl methyl sites for hydroxylation is 1. The molecule has 22 heavy (non-hydrogen) atoms. The normalized spacial score (nSPS) is 10.6. The highest BCUT2D eigenvalue weighted by Gasteiger charge is 2.11. The number of nitrogen functional groups attached to an aromatic ring is 1. The van der Waals surface area contributed by atoms with Crippen LogP contribution in [0.15, 0.2) is 36.7 Å². The van der Waals surface area contributed by atoms with E-state index in [1.807, 2.05) is 25.1 Å². The van der Waals surface area contributed by atoms with Crippen molar-refractivity contribution in [3.05, 3.63) is 52.3 Å². The molecular formula is C15H14ClN5S. The molecule has 2 aromatic heterocycles. The molecule has 0 aliphatic carbocycles. The van der Waals surface area contributed by atoms with Crippen molar-refractivity contribution in [2.45, 2.75) is 13.5 Å². The van der Waals surface area contributed by atoms with Gasteiger partial charge >= 0.3 is 0 Å². The van der Waals surface area contributed by atoms with Crippen molar-refractivity contribution in [2.24, 2.45) is 0 Å². The summed E-state index contributed by atoms with van der Waals surface area (Å²) < 4.78 is 0. The predicted molar refractivity (Wildman–Crippen MR) is 91.1 cm³/mol. The number of anilines is 2. The van der Waals surface area contributed by atoms with E-state index in [0.29, 0.717) is 17.4 Å². The van der Waals surface area contributed by atoms with Gasteiger partial charge in [-0.1, -0.05) is 41.9 Å². The summed E-state index contributed by atoms with van der Waals surface area (Å²) in [5, 5.41) is 4.53. The van der Waals surface area contributed by atoms with Gasteiger partial charge in [0.25, 0.3) is 0 Å². The van der Waals surface area contributed by atoms with Crippen LogP contribution in [0.4, 0.5) is 11.6 Å². The summed E-state index contributed by atoms with van der Waals surface area (Å²) in [5.74, 6) is 0.799. The van der Waals surface area contributed by atoms with Crippen molar-refractivity contribution in [3.8, 4) is 10.6 Å². The van der Waals surface area contributed by atoms with Gasteiger partial charge in [0.2, 0.25) is 0 Å². The van der Waals surface area contributed by atoms with E-state index in [2.05, 4.69) is 32.4 Å². The lowest BCUT2D eigenvalue weighted by atomic mass is 10.2. The molecule has 2 heterocycles. The summed E-state index contributed by atoms with van der Waals surface area (Å²) in [4.78, 5) is 13.7. The maximum absolute atomic E-state index is 6.08. The summed E-state index contributed by atoms with van der Waals surface area (Å²) in [5.41, 5.74) is 7.78. The first-order chi connectivity index (χ1) is 10.6. The molecule has 0 unspecified atom stereocenters. The molecule has 7 heteroatoms. The highest BCUT2D eigenvalue weighted by Crippen LogP contribution is 2.29. The summed E-state index contributed by atoms with van der Waals surface area (Å²) in [6, 6.07) is 10.1. The molecule has 3 rings (SSSR count). The Morgan fingerprint density at radius 3 is 2.77 bits per heavy atom. The van der Waals surface area contributed by atoms with Crippen LogP contribution in [0.5, 0.6) is 0 Å². The zero-order valence-corrected chi connectivity index (χ0v) is 13.4. The number of rotatable bonds is 4. The van der Waals surface area contributed by atoms with E-state index in [4.69, 9.17) is 17.3 Å². The SMILES string of the molecule is Cc1nc(-c2ccccc2)sc1CNc1ncnc(N)c1Cl. The number of benzene rings is 1. The molecule has 0 spiro atoms. The Labute approximate surface area is 137 Å². The number of hydrogen-bond acceptors (Lipinski definition) is 6. The van der Waals surface area contributed by atoms with Crippen LogP contribution in [0.2, 0.25) is 5.02 Å². The second-order valence-corrected chi connectivity index (χ2v) is 6.13. The van der Waals surface area contributed by atoms with Crippen LogP contribution < -0.4 is 11.1 Å². The topological polar surface area (TPSA) is 76.7 Å². The van der Waals surface area contributed by atoms with Gasteiger partial charge < -0.3 is 11.1 Å². The lowest BCUT2D eigenvalue weighted by molar-refractivity contribution is 1.08. The Balaban J connectivity index is 1.79. The standard InChI is InChI=1S/C15H14ClN5S/c1-9-11(7-18-14-12(16)13(17)19-8-20-14)22-15(21-9)10-5-3-2-4-6-10/h2-6,8H,7H2,1H3,(H3,17,18,19,20). The lowest BCUT2D eigenvalue weighted by Crippen LogP contribution is -2.04. The second-order valence-electron chi connectivity index (χ2n) is 4.67. The molecule has 5 nitrogen and oxygen atoms in total. The van der Waals surface area contributed by atoms with Gasteiger partial charge in [0.05, 0.1) is 12.2 Å². The molecule has 0 atom stereocenters. The van der Waals surface area contributed by atoms with Gasteiger partial charge in [-0.05, 0) is 6.92 Å². The Morgan fingerprint density at radius 1 is 1.23 bits per heavy atom. The Morgan fingerprint density at radius 2 is 2.00 bits per heavy atom. The van der Waals surface area contributed by atoms with Crippen molar-refractivity contribution in [3.63, 3.8) is 0 Å². The fraction of sp³-hybridized carbons (Fsp3) is 0.133. The van der Waals surface area contributed by atoms with Crippen molar-refractivity contribution in [2.75, 3.05) is 11.1 Å². The van der Waals surface area contributed by atoms with E-state index in [9.17, 15) is 0 Å². The van der Waals surface area contributed by atoms with Crippen molar-refractivity contribution in [1.29, 1.82) is 0 Å². The fourth-order valence-electron chi connectivity index (χ4n) is 1.97. The van der Waals surface area contributed by atoms with Crippen LogP contribution in [-0.4, -0.2) is 15.0 Å². The number of hydrogen-bond donors (Lipinski definition) is 2. The number of nitrogens with two attached hydrogens (primary N) is 1. The molecule has 0 aliphatic rings. The lowest BCUT2D eigenvalue weighted by Gasteiger charge is -2.06. The first kappa shape index (κ1) is 14.7. The highest BCUT2D eigenvalue weighted by molar-refractivity contribution is 7.15. The third kappa shape index (κ3) is 3.03. The highest BCUT2D eigenvalue weighted by atomic mass is 35.5. The predicted octanol–water partition coefficient (Wildman–Crippen LogP) is 3.76. The number of thiazole rings is 1. The Bertz CT molecular complexity index is 788. The molecule has 0 saturated carbocycles. The monoisotopic (exact) mass is 331 g/mol. The van der Waals surface area contributed by atoms with E-state index in [0.717, 1.165) is 21.1 Å². The number of nitrogens with one attached hydrogen (secondary N) is 1. The summed E-state index contributed by atoms with van der Waals surface area (Å²) in [7, 11) is 0. The summed E-state index contributed by atoms with van der Waals surface area (Å²) >= 11 is 7.73. The molecule has 0 bridgehead atoms. The first-order valence-electron chi connectivity index (χ1n) is 6.66. The zero-order chi connectivity index (χ0) is 15.5. The summed E-state index contributed by atoms with van der Waals surface area (Å²) in [6.45, 7) is 2.59. The molecular weight excluding hydrogens is 318 g/mol. The minimum absolute atomic E-state index is 0.269. The summed E-state index contributed by atoms with van der Waals surface area (Å²) in [6.07, 6.45) is 1.39. The quantitative estimate of drug-likeness (QED) is 0.761. The number of aromatic nitrogens is 3. The van der Waals surface area contributed by atoms with E-state index in [1.165, 1.54) is 6.33 Å². The smallest absolute Gasteiger partial charge is 0.150 e. The minimum atomic E-state index is 0.269. The molecule has 3 N–H and O–H groups in total. The van der Waals surface area contributed by atoms with Crippen LogP contribution in [0.1, 0.15) is 10.6 Å². The van der Waals surface area contributed by atoms with Crippen LogP contribution in [0, 0.1) is 6.92 Å². The largest absolute Gasteiger partial charge is 0.382 e. The Hall–Kier alpha value is -2.18. The minimum Gasteiger partial charge on any atom is -0.382 e. The maximum Gasteiger partial charge on any atom is 0.150 e. The molecule has 0 amide bonds. The molecule has 112 valence electrons. The molecule has 0 fully saturated rings. The first-order valence-corrected chi connectivity index (χ1v) is 7.86. The number of nitrogens with zero attached hydrogens (tertiary/aromatic N) is 3. The van der Waals surface area contributed by atoms with Crippen molar-refractivity contribution >= 4 is 34.6 Å². The van der Waals surface area contributed by atoms with Crippen molar-refractivity contribution in [1.82, 2.24) is 15.0 Å². The van der Waals surface area contributed by atoms with Gasteiger partial charge in [0, 0.05) is 10.4 Å². The van der Waals surface area contributed by atoms with Gasteiger partial charge in [-0.25, -0.2) is 15.0 Å². The van der Waals surface area contributed by atoms with Gasteiger partial charge in [0.1, 0.15) is 22.2 Å². The van der Waals surface area contributed by atoms with Crippen LogP contribution in [0.25, 0.3) is 10.6 Å². The van der Waals surface area contributed by atoms with Crippen LogP contribution >= 0.6 is 22.9 Å². The second kappa shape index (κ2) is 6.29. The van der Waals surface area contributed by atoms with Gasteiger partial charge in [-0.3, -0.25) is 0 Å². The Kier molecular flexibility index (Phi) is 4.22. The third-order valence-electron chi connectivity index (χ3n) is 3.15. The number of halogens is 1. The zero-order valence-electron chi connectivity index (χ0n) is 11.9. The molecule has 0 radical (unpaired) electrons. The van der Waals surface area contributed by atoms with E-state index in [1.54, 1.807) is 11.3 Å². The van der Waals surface area contributed by atoms with Crippen molar-refractivity contribution < 1.29 is 0 Å². The maximum atomic E-state index is 6.08. The van der Waals surface area contributed by atoms with Crippen LogP contribution in [0.3, 0.4) is 0 Å². The van der Waals surface area contributed by atoms with Crippen LogP contribution in [-0.2, 0) is 6.54 Å². The van der Waals surface area contributed by atoms with E-state index >= 15 is 0 Å². The van der Waals surface area contributed by atoms with Gasteiger partial charge in [-0.2, -0.15) is 0 Å². The van der Waals surface area contributed by atoms with E-state index in [-0.39, 0.29) is 5.82 Å².